The van der Waals surface area contributed by atoms with E-state index in [0.29, 0.717) is 6.42 Å². The number of rotatable bonds is 35. The average molecular weight is 609 g/mol. The van der Waals surface area contributed by atoms with Crippen molar-refractivity contribution in [2.75, 3.05) is 6.61 Å². The monoisotopic (exact) mass is 609 g/mol. The number of unbranched alkanes of at least 4 members (excludes halogenated alkanes) is 28. The normalized spacial score (nSPS) is 11.7. The predicted octanol–water partition coefficient (Wildman–Crippen LogP) is 13.1. The maximum Gasteiger partial charge on any atom is 0.310 e. The summed E-state index contributed by atoms with van der Waals surface area (Å²) < 4.78 is 25.5. The van der Waals surface area contributed by atoms with Crippen molar-refractivity contribution in [2.45, 2.75) is 219 Å². The molecule has 254 valence electrons. The van der Waals surface area contributed by atoms with Crippen LogP contribution in [0.3, 0.4) is 0 Å². The molecule has 0 aliphatic rings. The first-order valence-corrected chi connectivity index (χ1v) is 19.0. The second-order valence-electron chi connectivity index (χ2n) is 13.0. The van der Waals surface area contributed by atoms with Gasteiger partial charge in [-0.1, -0.05) is 200 Å². The van der Waals surface area contributed by atoms with Gasteiger partial charge in [0.25, 0.3) is 0 Å². The van der Waals surface area contributed by atoms with E-state index in [1.165, 1.54) is 154 Å². The van der Waals surface area contributed by atoms with Crippen LogP contribution < -0.4 is 0 Å². The van der Waals surface area contributed by atoms with Crippen molar-refractivity contribution in [3.05, 3.63) is 12.3 Å². The summed E-state index contributed by atoms with van der Waals surface area (Å²) in [5.41, 5.74) is 0. The first kappa shape index (κ1) is 37.9. The van der Waals surface area contributed by atoms with Gasteiger partial charge in [-0.3, -0.25) is 9.59 Å². The van der Waals surface area contributed by atoms with Crippen LogP contribution in [0.4, 0.5) is 0 Å². The molecule has 43 heavy (non-hydrogen) atoms. The SMILES string of the molecule is [2H]C([2H])=C(COC(=O)CCCCCCCCCCCCCCCCC)OC(=O)CCCCCCCCCCCCCCCCC. The van der Waals surface area contributed by atoms with Gasteiger partial charge in [0.15, 0.2) is 0 Å². The molecule has 0 rings (SSSR count). The van der Waals surface area contributed by atoms with E-state index in [0.717, 1.165) is 38.5 Å². The zero-order valence-corrected chi connectivity index (χ0v) is 29.0. The fourth-order valence-electron chi connectivity index (χ4n) is 5.72. The minimum Gasteiger partial charge on any atom is -0.458 e. The minimum absolute atomic E-state index is 0.175. The predicted molar refractivity (Wildman–Crippen MR) is 185 cm³/mol. The topological polar surface area (TPSA) is 52.6 Å². The third-order valence-corrected chi connectivity index (χ3v) is 8.57. The maximum atomic E-state index is 12.2. The van der Waals surface area contributed by atoms with Gasteiger partial charge in [0.1, 0.15) is 12.4 Å². The molecule has 0 aromatic heterocycles. The molecule has 0 fully saturated rings. The Morgan fingerprint density at radius 3 is 1.02 bits per heavy atom. The maximum absolute atomic E-state index is 12.2. The molecule has 0 saturated heterocycles. The van der Waals surface area contributed by atoms with Gasteiger partial charge in [-0.2, -0.15) is 0 Å². The van der Waals surface area contributed by atoms with Gasteiger partial charge in [0.2, 0.25) is 0 Å². The first-order valence-electron chi connectivity index (χ1n) is 20.0. The summed E-state index contributed by atoms with van der Waals surface area (Å²) in [5.74, 6) is -0.983. The van der Waals surface area contributed by atoms with Crippen LogP contribution in [0.2, 0.25) is 0 Å². The fourth-order valence-corrected chi connectivity index (χ4v) is 5.72. The van der Waals surface area contributed by atoms with E-state index >= 15 is 0 Å². The minimum atomic E-state index is -0.611. The lowest BCUT2D eigenvalue weighted by Crippen LogP contribution is -2.11. The van der Waals surface area contributed by atoms with Crippen molar-refractivity contribution in [3.8, 4) is 0 Å². The smallest absolute Gasteiger partial charge is 0.310 e. The highest BCUT2D eigenvalue weighted by Gasteiger charge is 2.09. The summed E-state index contributed by atoms with van der Waals surface area (Å²) in [5, 5.41) is 0. The third-order valence-electron chi connectivity index (χ3n) is 8.57. The molecule has 0 unspecified atom stereocenters. The van der Waals surface area contributed by atoms with Gasteiger partial charge in [-0.25, -0.2) is 0 Å². The Morgan fingerprint density at radius 2 is 0.721 bits per heavy atom. The number of hydrogen-bond acceptors (Lipinski definition) is 4. The van der Waals surface area contributed by atoms with Crippen LogP contribution in [0.15, 0.2) is 12.3 Å². The van der Waals surface area contributed by atoms with Crippen LogP contribution in [0.1, 0.15) is 222 Å². The lowest BCUT2D eigenvalue weighted by Gasteiger charge is -2.09. The van der Waals surface area contributed by atoms with E-state index in [-0.39, 0.29) is 24.8 Å². The second kappa shape index (κ2) is 35.2. The number of esters is 2. The summed E-state index contributed by atoms with van der Waals surface area (Å²) in [6, 6.07) is 0. The highest BCUT2D eigenvalue weighted by molar-refractivity contribution is 5.71. The van der Waals surface area contributed by atoms with Crippen LogP contribution in [0.5, 0.6) is 0 Å². The molecule has 0 aromatic carbocycles. The molecular weight excluding hydrogens is 532 g/mol. The highest BCUT2D eigenvalue weighted by atomic mass is 16.6. The summed E-state index contributed by atoms with van der Waals surface area (Å²) in [4.78, 5) is 24.3. The number of carbonyl (C=O) groups is 2. The molecule has 0 aliphatic heterocycles. The third kappa shape index (κ3) is 35.0. The van der Waals surface area contributed by atoms with Crippen LogP contribution >= 0.6 is 0 Å². The first-order chi connectivity index (χ1) is 22.0. The lowest BCUT2D eigenvalue weighted by molar-refractivity contribution is -0.147. The Bertz CT molecular complexity index is 691. The Hall–Kier alpha value is -1.32. The van der Waals surface area contributed by atoms with E-state index in [2.05, 4.69) is 13.8 Å². The molecule has 4 nitrogen and oxygen atoms in total. The average Bonchev–Trinajstić information content (AvgIpc) is 3.02. The van der Waals surface area contributed by atoms with Crippen molar-refractivity contribution in [1.82, 2.24) is 0 Å². The molecule has 0 atom stereocenters. The molecule has 0 saturated carbocycles. The zero-order valence-electron chi connectivity index (χ0n) is 31.0. The van der Waals surface area contributed by atoms with Gasteiger partial charge in [0.05, 0.1) is 2.74 Å². The Labute approximate surface area is 271 Å². The van der Waals surface area contributed by atoms with Gasteiger partial charge in [-0.05, 0) is 12.8 Å². The van der Waals surface area contributed by atoms with E-state index in [9.17, 15) is 9.59 Å². The van der Waals surface area contributed by atoms with Gasteiger partial charge < -0.3 is 9.47 Å². The van der Waals surface area contributed by atoms with Gasteiger partial charge in [-0.15, -0.1) is 0 Å². The molecule has 0 bridgehead atoms. The van der Waals surface area contributed by atoms with E-state index in [1.54, 1.807) is 0 Å². The molecule has 0 spiro atoms. The molecule has 0 radical (unpaired) electrons. The summed E-state index contributed by atoms with van der Waals surface area (Å²) in [6.07, 6.45) is 38.7. The quantitative estimate of drug-likeness (QED) is 0.0408. The van der Waals surface area contributed by atoms with Crippen molar-refractivity contribution < 1.29 is 21.8 Å². The molecular formula is C39H74O4. The summed E-state index contributed by atoms with van der Waals surface area (Å²) in [7, 11) is 0. The van der Waals surface area contributed by atoms with E-state index < -0.39 is 12.5 Å². The number of carbonyl (C=O) groups excluding carboxylic acids is 2. The molecule has 0 aliphatic carbocycles. The van der Waals surface area contributed by atoms with Crippen molar-refractivity contribution >= 4 is 11.9 Å². The lowest BCUT2D eigenvalue weighted by atomic mass is 10.0. The standard InChI is InChI=1S/C39H74O4/c1-4-6-8-10-12-14-16-18-20-22-24-26-28-30-32-34-38(40)42-36-37(3)43-39(41)35-33-31-29-27-25-23-21-19-17-15-13-11-9-7-5-2/h3-36H2,1-2H3/i3D2. The van der Waals surface area contributed by atoms with Crippen molar-refractivity contribution in [2.24, 2.45) is 0 Å². The Kier molecular flexibility index (Phi) is 31.0. The van der Waals surface area contributed by atoms with Crippen molar-refractivity contribution in [1.29, 1.82) is 0 Å². The highest BCUT2D eigenvalue weighted by Crippen LogP contribution is 2.16. The fraction of sp³-hybridized carbons (Fsp3) is 0.897. The zero-order chi connectivity index (χ0) is 33.1. The largest absolute Gasteiger partial charge is 0.458 e. The molecule has 0 amide bonds. The van der Waals surface area contributed by atoms with Crippen molar-refractivity contribution in [3.63, 3.8) is 0 Å². The van der Waals surface area contributed by atoms with Crippen LogP contribution in [-0.2, 0) is 19.1 Å². The van der Waals surface area contributed by atoms with E-state index in [1.807, 2.05) is 0 Å². The van der Waals surface area contributed by atoms with E-state index in [4.69, 9.17) is 12.2 Å². The molecule has 0 heterocycles. The Morgan fingerprint density at radius 1 is 0.442 bits per heavy atom. The van der Waals surface area contributed by atoms with Crippen LogP contribution in [-0.4, -0.2) is 18.5 Å². The van der Waals surface area contributed by atoms with Gasteiger partial charge in [0, 0.05) is 12.8 Å². The number of hydrogen-bond donors (Lipinski definition) is 0. The van der Waals surface area contributed by atoms with Gasteiger partial charge >= 0.3 is 11.9 Å². The van der Waals surface area contributed by atoms with Crippen LogP contribution in [0.25, 0.3) is 0 Å². The second-order valence-corrected chi connectivity index (χ2v) is 13.0. The molecule has 0 N–H and O–H groups in total. The molecule has 4 heteroatoms. The summed E-state index contributed by atoms with van der Waals surface area (Å²) in [6.45, 7) is 3.60. The van der Waals surface area contributed by atoms with Crippen LogP contribution in [0, 0.1) is 0 Å². The Balaban J connectivity index is 3.63. The molecule has 0 aromatic rings. The number of ether oxygens (including phenoxy) is 2. The summed E-state index contributed by atoms with van der Waals surface area (Å²) >= 11 is 0.